The van der Waals surface area contributed by atoms with Crippen LogP contribution in [-0.4, -0.2) is 10.9 Å². The van der Waals surface area contributed by atoms with Gasteiger partial charge in [0.1, 0.15) is 5.82 Å². The molecule has 0 unspecified atom stereocenters. The summed E-state index contributed by atoms with van der Waals surface area (Å²) in [5.74, 6) is 0.322. The van der Waals surface area contributed by atoms with Crippen LogP contribution in [0.25, 0.3) is 6.08 Å². The molecule has 0 saturated heterocycles. The molecule has 1 aromatic heterocycles. The molecule has 1 aromatic carbocycles. The number of benzene rings is 1. The van der Waals surface area contributed by atoms with Crippen molar-refractivity contribution in [3.8, 4) is 0 Å². The third-order valence-electron chi connectivity index (χ3n) is 2.48. The van der Waals surface area contributed by atoms with E-state index in [0.717, 1.165) is 11.3 Å². The van der Waals surface area contributed by atoms with Crippen molar-refractivity contribution in [2.24, 2.45) is 0 Å². The van der Waals surface area contributed by atoms with Gasteiger partial charge in [-0.25, -0.2) is 4.98 Å². The minimum atomic E-state index is -0.222. The largest absolute Gasteiger partial charge is 0.399 e. The highest BCUT2D eigenvalue weighted by atomic mass is 16.1. The second-order valence-corrected chi connectivity index (χ2v) is 4.16. The van der Waals surface area contributed by atoms with Crippen LogP contribution in [0.4, 0.5) is 11.5 Å². The number of aromatic nitrogens is 1. The number of hydrogen-bond donors (Lipinski definition) is 2. The van der Waals surface area contributed by atoms with Crippen LogP contribution in [0.5, 0.6) is 0 Å². The second-order valence-electron chi connectivity index (χ2n) is 4.16. The molecule has 0 aliphatic carbocycles. The number of anilines is 2. The highest BCUT2D eigenvalue weighted by Crippen LogP contribution is 2.08. The monoisotopic (exact) mass is 253 g/mol. The standard InChI is InChI=1S/C15H15N3O/c1-11-4-2-7-14(17-11)18-15(19)9-8-12-5-3-6-13(16)10-12/h2-10H,16H2,1H3,(H,17,18,19)/b9-8+. The van der Waals surface area contributed by atoms with Crippen molar-refractivity contribution >= 4 is 23.5 Å². The smallest absolute Gasteiger partial charge is 0.249 e. The topological polar surface area (TPSA) is 68.0 Å². The lowest BCUT2D eigenvalue weighted by Crippen LogP contribution is -2.09. The highest BCUT2D eigenvalue weighted by molar-refractivity contribution is 6.01. The number of carbonyl (C=O) groups is 1. The van der Waals surface area contributed by atoms with E-state index in [1.165, 1.54) is 6.08 Å². The minimum absolute atomic E-state index is 0.222. The number of nitrogens with one attached hydrogen (secondary N) is 1. The third kappa shape index (κ3) is 3.96. The van der Waals surface area contributed by atoms with Crippen LogP contribution in [-0.2, 0) is 4.79 Å². The van der Waals surface area contributed by atoms with Crippen LogP contribution in [0, 0.1) is 6.92 Å². The Morgan fingerprint density at radius 3 is 2.79 bits per heavy atom. The van der Waals surface area contributed by atoms with Gasteiger partial charge in [0, 0.05) is 17.5 Å². The maximum absolute atomic E-state index is 11.7. The number of amides is 1. The van der Waals surface area contributed by atoms with Gasteiger partial charge < -0.3 is 11.1 Å². The Bertz CT molecular complexity index is 620. The maximum Gasteiger partial charge on any atom is 0.249 e. The Morgan fingerprint density at radius 1 is 1.26 bits per heavy atom. The predicted molar refractivity (Wildman–Crippen MR) is 77.5 cm³/mol. The first-order valence-electron chi connectivity index (χ1n) is 5.92. The number of pyridine rings is 1. The minimum Gasteiger partial charge on any atom is -0.399 e. The Kier molecular flexibility index (Phi) is 3.93. The maximum atomic E-state index is 11.7. The fourth-order valence-electron chi connectivity index (χ4n) is 1.62. The van der Waals surface area contributed by atoms with Gasteiger partial charge in [-0.05, 0) is 42.8 Å². The van der Waals surface area contributed by atoms with Crippen molar-refractivity contribution in [2.45, 2.75) is 6.92 Å². The van der Waals surface area contributed by atoms with Crippen LogP contribution in [0.1, 0.15) is 11.3 Å². The van der Waals surface area contributed by atoms with Gasteiger partial charge in [0.05, 0.1) is 0 Å². The zero-order valence-electron chi connectivity index (χ0n) is 10.6. The van der Waals surface area contributed by atoms with E-state index in [-0.39, 0.29) is 5.91 Å². The first-order valence-corrected chi connectivity index (χ1v) is 5.92. The van der Waals surface area contributed by atoms with Crippen LogP contribution in [0.2, 0.25) is 0 Å². The number of nitrogens with zero attached hydrogens (tertiary/aromatic N) is 1. The molecule has 96 valence electrons. The molecule has 0 radical (unpaired) electrons. The molecule has 4 heteroatoms. The van der Waals surface area contributed by atoms with E-state index in [1.807, 2.05) is 31.2 Å². The molecular weight excluding hydrogens is 238 g/mol. The van der Waals surface area contributed by atoms with E-state index in [2.05, 4.69) is 10.3 Å². The first kappa shape index (κ1) is 12.8. The quantitative estimate of drug-likeness (QED) is 0.652. The Labute approximate surface area is 112 Å². The van der Waals surface area contributed by atoms with Gasteiger partial charge in [0.2, 0.25) is 5.91 Å². The van der Waals surface area contributed by atoms with Gasteiger partial charge in [0.25, 0.3) is 0 Å². The van der Waals surface area contributed by atoms with E-state index in [1.54, 1.807) is 24.3 Å². The fourth-order valence-corrected chi connectivity index (χ4v) is 1.62. The van der Waals surface area contributed by atoms with Gasteiger partial charge in [-0.2, -0.15) is 0 Å². The summed E-state index contributed by atoms with van der Waals surface area (Å²) in [5, 5.41) is 2.70. The van der Waals surface area contributed by atoms with Crippen molar-refractivity contribution in [3.63, 3.8) is 0 Å². The Morgan fingerprint density at radius 2 is 2.05 bits per heavy atom. The molecule has 0 spiro atoms. The lowest BCUT2D eigenvalue weighted by atomic mass is 10.2. The molecule has 2 rings (SSSR count). The number of nitrogens with two attached hydrogens (primary N) is 1. The molecular formula is C15H15N3O. The van der Waals surface area contributed by atoms with E-state index in [9.17, 15) is 4.79 Å². The summed E-state index contributed by atoms with van der Waals surface area (Å²) >= 11 is 0. The molecule has 0 bridgehead atoms. The number of nitrogen functional groups attached to an aromatic ring is 1. The fraction of sp³-hybridized carbons (Fsp3) is 0.0667. The average Bonchev–Trinajstić information content (AvgIpc) is 2.36. The molecule has 0 saturated carbocycles. The average molecular weight is 253 g/mol. The van der Waals surface area contributed by atoms with Gasteiger partial charge in [-0.3, -0.25) is 4.79 Å². The van der Waals surface area contributed by atoms with E-state index in [0.29, 0.717) is 11.5 Å². The van der Waals surface area contributed by atoms with Crippen LogP contribution < -0.4 is 11.1 Å². The molecule has 0 fully saturated rings. The molecule has 1 amide bonds. The van der Waals surface area contributed by atoms with Crippen molar-refractivity contribution in [3.05, 3.63) is 59.8 Å². The van der Waals surface area contributed by atoms with E-state index < -0.39 is 0 Å². The number of aryl methyl sites for hydroxylation is 1. The van der Waals surface area contributed by atoms with E-state index in [4.69, 9.17) is 5.73 Å². The summed E-state index contributed by atoms with van der Waals surface area (Å²) in [6.07, 6.45) is 3.17. The molecule has 0 atom stereocenters. The van der Waals surface area contributed by atoms with Crippen molar-refractivity contribution in [2.75, 3.05) is 11.1 Å². The first-order chi connectivity index (χ1) is 9.13. The zero-order chi connectivity index (χ0) is 13.7. The zero-order valence-corrected chi connectivity index (χ0v) is 10.6. The lowest BCUT2D eigenvalue weighted by molar-refractivity contribution is -0.111. The van der Waals surface area contributed by atoms with Crippen LogP contribution >= 0.6 is 0 Å². The molecule has 1 heterocycles. The van der Waals surface area contributed by atoms with Crippen LogP contribution in [0.15, 0.2) is 48.5 Å². The second kappa shape index (κ2) is 5.82. The number of rotatable bonds is 3. The third-order valence-corrected chi connectivity index (χ3v) is 2.48. The summed E-state index contributed by atoms with van der Waals surface area (Å²) in [6, 6.07) is 12.8. The number of hydrogen-bond acceptors (Lipinski definition) is 3. The Hall–Kier alpha value is -2.62. The summed E-state index contributed by atoms with van der Waals surface area (Å²) in [4.78, 5) is 15.9. The molecule has 19 heavy (non-hydrogen) atoms. The van der Waals surface area contributed by atoms with Crippen molar-refractivity contribution in [1.82, 2.24) is 4.98 Å². The molecule has 3 N–H and O–H groups in total. The van der Waals surface area contributed by atoms with Crippen molar-refractivity contribution < 1.29 is 4.79 Å². The van der Waals surface area contributed by atoms with Crippen LogP contribution in [0.3, 0.4) is 0 Å². The molecule has 4 nitrogen and oxygen atoms in total. The molecule has 0 aliphatic rings. The predicted octanol–water partition coefficient (Wildman–Crippen LogP) is 2.62. The highest BCUT2D eigenvalue weighted by Gasteiger charge is 1.99. The van der Waals surface area contributed by atoms with Gasteiger partial charge in [-0.15, -0.1) is 0 Å². The normalized spacial score (nSPS) is 10.6. The molecule has 0 aliphatic heterocycles. The number of carbonyl (C=O) groups excluding carboxylic acids is 1. The van der Waals surface area contributed by atoms with Gasteiger partial charge in [-0.1, -0.05) is 18.2 Å². The molecule has 2 aromatic rings. The van der Waals surface area contributed by atoms with E-state index >= 15 is 0 Å². The summed E-state index contributed by atoms with van der Waals surface area (Å²) in [6.45, 7) is 1.87. The van der Waals surface area contributed by atoms with Crippen molar-refractivity contribution in [1.29, 1.82) is 0 Å². The van der Waals surface area contributed by atoms with Gasteiger partial charge in [0.15, 0.2) is 0 Å². The summed E-state index contributed by atoms with van der Waals surface area (Å²) < 4.78 is 0. The Balaban J connectivity index is 2.01. The lowest BCUT2D eigenvalue weighted by Gasteiger charge is -2.01. The van der Waals surface area contributed by atoms with Gasteiger partial charge >= 0.3 is 0 Å². The SMILES string of the molecule is Cc1cccc(NC(=O)/C=C/c2cccc(N)c2)n1. The summed E-state index contributed by atoms with van der Waals surface area (Å²) in [7, 11) is 0. The summed E-state index contributed by atoms with van der Waals surface area (Å²) in [5.41, 5.74) is 8.07.